The average molecular weight is 440 g/mol. The molecule has 0 radical (unpaired) electrons. The summed E-state index contributed by atoms with van der Waals surface area (Å²) < 4.78 is 27.5. The molecule has 1 aromatic carbocycles. The monoisotopic (exact) mass is 439 g/mol. The Morgan fingerprint density at radius 3 is 2.58 bits per heavy atom. The van der Waals surface area contributed by atoms with Gasteiger partial charge >= 0.3 is 0 Å². The van der Waals surface area contributed by atoms with E-state index in [4.69, 9.17) is 0 Å². The van der Waals surface area contributed by atoms with Crippen LogP contribution in [0.2, 0.25) is 0 Å². The Morgan fingerprint density at radius 1 is 1.13 bits per heavy atom. The Bertz CT molecular complexity index is 1300. The standard InChI is InChI=1S/C23H25N3O4S/c1-3-25-15-19(21(27)18-10-9-16(2)24-22(18)25)23(28)26-12-11-20(31(29,30)14-13-26)17-7-5-4-6-8-17/h4-10,15,20H,3,11-14H2,1-2H3. The number of hydrogen-bond donors (Lipinski definition) is 0. The largest absolute Gasteiger partial charge is 0.337 e. The van der Waals surface area contributed by atoms with Crippen molar-refractivity contribution in [3.8, 4) is 0 Å². The van der Waals surface area contributed by atoms with Crippen molar-refractivity contribution < 1.29 is 13.2 Å². The third-order valence-electron chi connectivity index (χ3n) is 5.83. The lowest BCUT2D eigenvalue weighted by Gasteiger charge is -2.21. The van der Waals surface area contributed by atoms with E-state index in [-0.39, 0.29) is 29.8 Å². The Labute approximate surface area is 181 Å². The molecule has 0 aliphatic carbocycles. The van der Waals surface area contributed by atoms with Crippen LogP contribution in [0.1, 0.15) is 40.2 Å². The highest BCUT2D eigenvalue weighted by Gasteiger charge is 2.33. The van der Waals surface area contributed by atoms with Crippen LogP contribution in [0.15, 0.2) is 53.5 Å². The zero-order chi connectivity index (χ0) is 22.2. The highest BCUT2D eigenvalue weighted by Crippen LogP contribution is 2.29. The van der Waals surface area contributed by atoms with Gasteiger partial charge in [0.1, 0.15) is 11.2 Å². The number of carbonyl (C=O) groups is 1. The van der Waals surface area contributed by atoms with Crippen LogP contribution in [0, 0.1) is 6.92 Å². The summed E-state index contributed by atoms with van der Waals surface area (Å²) in [5, 5.41) is -0.259. The molecule has 1 aliphatic rings. The van der Waals surface area contributed by atoms with Gasteiger partial charge in [0.15, 0.2) is 9.84 Å². The molecule has 1 atom stereocenters. The number of pyridine rings is 2. The second kappa shape index (κ2) is 8.26. The number of fused-ring (bicyclic) bond motifs is 1. The zero-order valence-corrected chi connectivity index (χ0v) is 18.4. The van der Waals surface area contributed by atoms with E-state index >= 15 is 0 Å². The van der Waals surface area contributed by atoms with Gasteiger partial charge in [-0.15, -0.1) is 0 Å². The maximum atomic E-state index is 13.3. The van der Waals surface area contributed by atoms with E-state index in [1.165, 1.54) is 4.90 Å². The summed E-state index contributed by atoms with van der Waals surface area (Å²) in [6, 6.07) is 12.5. The van der Waals surface area contributed by atoms with E-state index in [1.807, 2.05) is 32.0 Å². The van der Waals surface area contributed by atoms with Gasteiger partial charge in [0, 0.05) is 31.5 Å². The van der Waals surface area contributed by atoms with Crippen LogP contribution in [0.3, 0.4) is 0 Å². The van der Waals surface area contributed by atoms with E-state index in [0.29, 0.717) is 24.0 Å². The predicted octanol–water partition coefficient (Wildman–Crippen LogP) is 2.73. The molecule has 3 aromatic rings. The molecule has 162 valence electrons. The number of benzene rings is 1. The van der Waals surface area contributed by atoms with Crippen molar-refractivity contribution in [1.29, 1.82) is 0 Å². The molecule has 31 heavy (non-hydrogen) atoms. The van der Waals surface area contributed by atoms with Crippen LogP contribution in [0.25, 0.3) is 11.0 Å². The molecule has 1 saturated heterocycles. The number of amides is 1. The number of carbonyl (C=O) groups excluding carboxylic acids is 1. The molecule has 8 heteroatoms. The molecule has 1 aliphatic heterocycles. The fraction of sp³-hybridized carbons (Fsp3) is 0.348. The van der Waals surface area contributed by atoms with Gasteiger partial charge in [-0.2, -0.15) is 0 Å². The van der Waals surface area contributed by atoms with Crippen LogP contribution in [0.5, 0.6) is 0 Å². The van der Waals surface area contributed by atoms with E-state index in [2.05, 4.69) is 4.98 Å². The van der Waals surface area contributed by atoms with Crippen LogP contribution >= 0.6 is 0 Å². The molecule has 0 bridgehead atoms. The first-order valence-corrected chi connectivity index (χ1v) is 12.1. The lowest BCUT2D eigenvalue weighted by Crippen LogP contribution is -2.37. The van der Waals surface area contributed by atoms with Crippen LogP contribution in [-0.4, -0.2) is 47.6 Å². The molecule has 0 N–H and O–H groups in total. The van der Waals surface area contributed by atoms with Crippen molar-refractivity contribution in [1.82, 2.24) is 14.5 Å². The number of aromatic nitrogens is 2. The van der Waals surface area contributed by atoms with Crippen LogP contribution < -0.4 is 5.43 Å². The first kappa shape index (κ1) is 21.2. The Balaban J connectivity index is 1.69. The van der Waals surface area contributed by atoms with Gasteiger partial charge in [-0.25, -0.2) is 13.4 Å². The van der Waals surface area contributed by atoms with Gasteiger partial charge in [0.2, 0.25) is 5.43 Å². The van der Waals surface area contributed by atoms with Gasteiger partial charge in [0.25, 0.3) is 5.91 Å². The van der Waals surface area contributed by atoms with Crippen molar-refractivity contribution in [2.45, 2.75) is 32.1 Å². The number of hydrogen-bond acceptors (Lipinski definition) is 5. The molecule has 1 fully saturated rings. The summed E-state index contributed by atoms with van der Waals surface area (Å²) in [6.45, 7) is 4.67. The summed E-state index contributed by atoms with van der Waals surface area (Å²) in [7, 11) is -3.41. The third kappa shape index (κ3) is 3.99. The molecule has 3 heterocycles. The van der Waals surface area contributed by atoms with Crippen molar-refractivity contribution in [3.63, 3.8) is 0 Å². The molecule has 1 amide bonds. The summed E-state index contributed by atoms with van der Waals surface area (Å²) in [5.41, 5.74) is 1.75. The van der Waals surface area contributed by atoms with Crippen molar-refractivity contribution >= 4 is 26.8 Å². The van der Waals surface area contributed by atoms with Gasteiger partial charge in [-0.05, 0) is 38.0 Å². The summed E-state index contributed by atoms with van der Waals surface area (Å²) in [4.78, 5) is 32.3. The maximum absolute atomic E-state index is 13.3. The SMILES string of the molecule is CCn1cc(C(=O)N2CCC(c3ccccc3)S(=O)(=O)CC2)c(=O)c2ccc(C)nc21. The zero-order valence-electron chi connectivity index (χ0n) is 17.6. The first-order valence-electron chi connectivity index (χ1n) is 10.4. The molecule has 0 spiro atoms. The Kier molecular flexibility index (Phi) is 5.66. The summed E-state index contributed by atoms with van der Waals surface area (Å²) >= 11 is 0. The van der Waals surface area contributed by atoms with Gasteiger partial charge in [-0.1, -0.05) is 30.3 Å². The minimum absolute atomic E-state index is 0.0514. The summed E-state index contributed by atoms with van der Waals surface area (Å²) in [5.74, 6) is -0.562. The van der Waals surface area contributed by atoms with Gasteiger partial charge < -0.3 is 9.47 Å². The number of nitrogens with zero attached hydrogens (tertiary/aromatic N) is 3. The lowest BCUT2D eigenvalue weighted by molar-refractivity contribution is 0.0764. The van der Waals surface area contributed by atoms with Crippen molar-refractivity contribution in [3.05, 3.63) is 75.7 Å². The second-order valence-corrected chi connectivity index (χ2v) is 10.1. The molecule has 1 unspecified atom stereocenters. The second-order valence-electron chi connectivity index (χ2n) is 7.83. The van der Waals surface area contributed by atoms with E-state index in [9.17, 15) is 18.0 Å². The van der Waals surface area contributed by atoms with Crippen LogP contribution in [0.4, 0.5) is 0 Å². The Hall–Kier alpha value is -3.00. The van der Waals surface area contributed by atoms with Crippen LogP contribution in [-0.2, 0) is 16.4 Å². The number of rotatable bonds is 3. The summed E-state index contributed by atoms with van der Waals surface area (Å²) in [6.07, 6.45) is 1.85. The van der Waals surface area contributed by atoms with E-state index in [0.717, 1.165) is 11.3 Å². The maximum Gasteiger partial charge on any atom is 0.259 e. The smallest absolute Gasteiger partial charge is 0.259 e. The lowest BCUT2D eigenvalue weighted by atomic mass is 10.1. The Morgan fingerprint density at radius 2 is 1.87 bits per heavy atom. The topological polar surface area (TPSA) is 89.3 Å². The normalized spacial score (nSPS) is 18.6. The first-order chi connectivity index (χ1) is 14.8. The van der Waals surface area contributed by atoms with E-state index in [1.54, 1.807) is 35.0 Å². The predicted molar refractivity (Wildman–Crippen MR) is 120 cm³/mol. The van der Waals surface area contributed by atoms with Crippen molar-refractivity contribution in [2.75, 3.05) is 18.8 Å². The van der Waals surface area contributed by atoms with E-state index < -0.39 is 21.0 Å². The fourth-order valence-corrected chi connectivity index (χ4v) is 5.91. The van der Waals surface area contributed by atoms with Gasteiger partial charge in [0.05, 0.1) is 16.4 Å². The quantitative estimate of drug-likeness (QED) is 0.626. The molecule has 7 nitrogen and oxygen atoms in total. The molecular formula is C23H25N3O4S. The number of sulfone groups is 1. The molecule has 4 rings (SSSR count). The third-order valence-corrected chi connectivity index (χ3v) is 7.96. The minimum Gasteiger partial charge on any atom is -0.337 e. The fourth-order valence-electron chi connectivity index (χ4n) is 4.11. The molecule has 0 saturated carbocycles. The van der Waals surface area contributed by atoms with Gasteiger partial charge in [-0.3, -0.25) is 9.59 Å². The highest BCUT2D eigenvalue weighted by molar-refractivity contribution is 7.91. The average Bonchev–Trinajstić information content (AvgIpc) is 2.92. The molecule has 2 aromatic heterocycles. The van der Waals surface area contributed by atoms with Crippen molar-refractivity contribution in [2.24, 2.45) is 0 Å². The number of aryl methyl sites for hydroxylation is 2. The minimum atomic E-state index is -3.41. The molecular weight excluding hydrogens is 414 g/mol. The highest BCUT2D eigenvalue weighted by atomic mass is 32.2.